The third-order valence-electron chi connectivity index (χ3n) is 3.11. The van der Waals surface area contributed by atoms with Crippen LogP contribution in [0.3, 0.4) is 0 Å². The van der Waals surface area contributed by atoms with Crippen LogP contribution >= 0.6 is 0 Å². The quantitative estimate of drug-likeness (QED) is 0.683. The van der Waals surface area contributed by atoms with Gasteiger partial charge < -0.3 is 5.73 Å². The number of nitrogens with two attached hydrogens (primary N) is 1. The van der Waals surface area contributed by atoms with E-state index in [1.807, 2.05) is 6.92 Å². The fourth-order valence-electron chi connectivity index (χ4n) is 2.14. The SMILES string of the molecule is CC(CN(CC#N)C1CCCC1)C(N)=O. The summed E-state index contributed by atoms with van der Waals surface area (Å²) in [5, 5.41) is 8.74. The summed E-state index contributed by atoms with van der Waals surface area (Å²) in [5.41, 5.74) is 5.23. The van der Waals surface area contributed by atoms with Gasteiger partial charge in [-0.05, 0) is 12.8 Å². The summed E-state index contributed by atoms with van der Waals surface area (Å²) in [5.74, 6) is -0.449. The van der Waals surface area contributed by atoms with Crippen LogP contribution in [0.1, 0.15) is 32.6 Å². The molecule has 0 aromatic rings. The normalized spacial score (nSPS) is 19.0. The van der Waals surface area contributed by atoms with Gasteiger partial charge >= 0.3 is 0 Å². The lowest BCUT2D eigenvalue weighted by Gasteiger charge is -2.27. The molecule has 4 heteroatoms. The molecular formula is C11H19N3O. The Bertz CT molecular complexity index is 253. The molecule has 1 aliphatic carbocycles. The number of hydrogen-bond donors (Lipinski definition) is 1. The molecule has 0 aromatic heterocycles. The zero-order valence-electron chi connectivity index (χ0n) is 9.28. The number of rotatable bonds is 5. The summed E-state index contributed by atoms with van der Waals surface area (Å²) in [6.07, 6.45) is 4.76. The van der Waals surface area contributed by atoms with Gasteiger partial charge in [0.1, 0.15) is 0 Å². The fraction of sp³-hybridized carbons (Fsp3) is 0.818. The first-order valence-electron chi connectivity index (χ1n) is 5.55. The minimum atomic E-state index is -0.282. The molecular weight excluding hydrogens is 190 g/mol. The van der Waals surface area contributed by atoms with Gasteiger partial charge in [-0.2, -0.15) is 5.26 Å². The molecule has 84 valence electrons. The van der Waals surface area contributed by atoms with E-state index in [4.69, 9.17) is 11.0 Å². The molecule has 0 radical (unpaired) electrons. The molecule has 0 aromatic carbocycles. The predicted molar refractivity (Wildman–Crippen MR) is 57.8 cm³/mol. The summed E-state index contributed by atoms with van der Waals surface area (Å²) in [6.45, 7) is 2.84. The maximum absolute atomic E-state index is 11.0. The largest absolute Gasteiger partial charge is 0.369 e. The smallest absolute Gasteiger partial charge is 0.221 e. The Labute approximate surface area is 91.0 Å². The van der Waals surface area contributed by atoms with Crippen molar-refractivity contribution in [1.29, 1.82) is 5.26 Å². The second-order valence-electron chi connectivity index (χ2n) is 4.33. The van der Waals surface area contributed by atoms with Crippen molar-refractivity contribution in [2.75, 3.05) is 13.1 Å². The average Bonchev–Trinajstić information content (AvgIpc) is 2.69. The highest BCUT2D eigenvalue weighted by molar-refractivity contribution is 5.76. The Morgan fingerprint density at radius 3 is 2.67 bits per heavy atom. The maximum Gasteiger partial charge on any atom is 0.221 e. The number of carbonyl (C=O) groups excluding carboxylic acids is 1. The van der Waals surface area contributed by atoms with E-state index in [0.717, 1.165) is 12.8 Å². The summed E-state index contributed by atoms with van der Waals surface area (Å²) in [6, 6.07) is 2.64. The van der Waals surface area contributed by atoms with E-state index in [1.165, 1.54) is 12.8 Å². The Morgan fingerprint density at radius 2 is 2.20 bits per heavy atom. The van der Waals surface area contributed by atoms with Crippen LogP contribution in [-0.4, -0.2) is 29.9 Å². The Hall–Kier alpha value is -1.08. The maximum atomic E-state index is 11.0. The molecule has 1 saturated carbocycles. The molecule has 1 amide bonds. The van der Waals surface area contributed by atoms with E-state index in [9.17, 15) is 4.79 Å². The van der Waals surface area contributed by atoms with Crippen LogP contribution in [0.15, 0.2) is 0 Å². The van der Waals surface area contributed by atoms with Crippen LogP contribution < -0.4 is 5.73 Å². The van der Waals surface area contributed by atoms with E-state index in [0.29, 0.717) is 19.1 Å². The van der Waals surface area contributed by atoms with Crippen molar-refractivity contribution in [2.24, 2.45) is 11.7 Å². The molecule has 1 aliphatic rings. The highest BCUT2D eigenvalue weighted by atomic mass is 16.1. The summed E-state index contributed by atoms with van der Waals surface area (Å²) < 4.78 is 0. The van der Waals surface area contributed by atoms with E-state index >= 15 is 0 Å². The molecule has 2 N–H and O–H groups in total. The van der Waals surface area contributed by atoms with Crippen molar-refractivity contribution in [3.63, 3.8) is 0 Å². The molecule has 1 atom stereocenters. The topological polar surface area (TPSA) is 70.1 Å². The molecule has 0 spiro atoms. The lowest BCUT2D eigenvalue weighted by molar-refractivity contribution is -0.122. The number of hydrogen-bond acceptors (Lipinski definition) is 3. The molecule has 15 heavy (non-hydrogen) atoms. The molecule has 0 bridgehead atoms. The second-order valence-corrected chi connectivity index (χ2v) is 4.33. The van der Waals surface area contributed by atoms with Gasteiger partial charge in [-0.25, -0.2) is 0 Å². The summed E-state index contributed by atoms with van der Waals surface area (Å²) >= 11 is 0. The third kappa shape index (κ3) is 3.52. The number of primary amides is 1. The van der Waals surface area contributed by atoms with Crippen LogP contribution in [-0.2, 0) is 4.79 Å². The fourth-order valence-corrected chi connectivity index (χ4v) is 2.14. The van der Waals surface area contributed by atoms with E-state index in [-0.39, 0.29) is 11.8 Å². The van der Waals surface area contributed by atoms with Gasteiger partial charge in [0.05, 0.1) is 12.6 Å². The zero-order chi connectivity index (χ0) is 11.3. The van der Waals surface area contributed by atoms with Crippen molar-refractivity contribution in [1.82, 2.24) is 4.90 Å². The predicted octanol–water partition coefficient (Wildman–Crippen LogP) is 0.876. The number of nitrogens with zero attached hydrogens (tertiary/aromatic N) is 2. The Kier molecular flexibility index (Phi) is 4.57. The summed E-state index contributed by atoms with van der Waals surface area (Å²) in [4.78, 5) is 13.1. The molecule has 1 rings (SSSR count). The van der Waals surface area contributed by atoms with Gasteiger partial charge in [0.25, 0.3) is 0 Å². The van der Waals surface area contributed by atoms with Crippen molar-refractivity contribution < 1.29 is 4.79 Å². The van der Waals surface area contributed by atoms with Gasteiger partial charge in [0.15, 0.2) is 0 Å². The Morgan fingerprint density at radius 1 is 1.60 bits per heavy atom. The highest BCUT2D eigenvalue weighted by Crippen LogP contribution is 2.23. The lowest BCUT2D eigenvalue weighted by Crippen LogP contribution is -2.40. The van der Waals surface area contributed by atoms with Gasteiger partial charge in [0, 0.05) is 18.5 Å². The molecule has 1 fully saturated rings. The average molecular weight is 209 g/mol. The molecule has 4 nitrogen and oxygen atoms in total. The van der Waals surface area contributed by atoms with E-state index < -0.39 is 0 Å². The van der Waals surface area contributed by atoms with Crippen LogP contribution in [0.2, 0.25) is 0 Å². The van der Waals surface area contributed by atoms with Gasteiger partial charge in [-0.1, -0.05) is 19.8 Å². The standard InChI is InChI=1S/C11H19N3O/c1-9(11(13)15)8-14(7-6-12)10-4-2-3-5-10/h9-10H,2-5,7-8H2,1H3,(H2,13,15). The highest BCUT2D eigenvalue weighted by Gasteiger charge is 2.24. The van der Waals surface area contributed by atoms with Gasteiger partial charge in [0.2, 0.25) is 5.91 Å². The van der Waals surface area contributed by atoms with Crippen LogP contribution in [0.5, 0.6) is 0 Å². The minimum Gasteiger partial charge on any atom is -0.369 e. The van der Waals surface area contributed by atoms with Crippen LogP contribution in [0.4, 0.5) is 0 Å². The molecule has 0 heterocycles. The molecule has 0 saturated heterocycles. The molecule has 1 unspecified atom stereocenters. The first-order valence-corrected chi connectivity index (χ1v) is 5.55. The third-order valence-corrected chi connectivity index (χ3v) is 3.11. The van der Waals surface area contributed by atoms with E-state index in [2.05, 4.69) is 11.0 Å². The zero-order valence-corrected chi connectivity index (χ0v) is 9.28. The minimum absolute atomic E-state index is 0.168. The number of nitriles is 1. The number of amides is 1. The van der Waals surface area contributed by atoms with Crippen LogP contribution in [0, 0.1) is 17.2 Å². The monoisotopic (exact) mass is 209 g/mol. The Balaban J connectivity index is 2.50. The van der Waals surface area contributed by atoms with Crippen molar-refractivity contribution in [3.05, 3.63) is 0 Å². The van der Waals surface area contributed by atoms with Gasteiger partial charge in [-0.15, -0.1) is 0 Å². The van der Waals surface area contributed by atoms with Crippen LogP contribution in [0.25, 0.3) is 0 Å². The van der Waals surface area contributed by atoms with Crippen molar-refractivity contribution in [3.8, 4) is 6.07 Å². The van der Waals surface area contributed by atoms with Gasteiger partial charge in [-0.3, -0.25) is 9.69 Å². The summed E-state index contributed by atoms with van der Waals surface area (Å²) in [7, 11) is 0. The second kappa shape index (κ2) is 5.72. The number of carbonyl (C=O) groups is 1. The van der Waals surface area contributed by atoms with Crippen molar-refractivity contribution >= 4 is 5.91 Å². The van der Waals surface area contributed by atoms with E-state index in [1.54, 1.807) is 0 Å². The first-order chi connectivity index (χ1) is 7.15. The first kappa shape index (κ1) is 12.0. The van der Waals surface area contributed by atoms with Crippen molar-refractivity contribution in [2.45, 2.75) is 38.6 Å². The molecule has 0 aliphatic heterocycles. The lowest BCUT2D eigenvalue weighted by atomic mass is 10.1.